The number of hydrogen-bond donors (Lipinski definition) is 1. The third kappa shape index (κ3) is 6.09. The summed E-state index contributed by atoms with van der Waals surface area (Å²) in [6.45, 7) is 5.01. The van der Waals surface area contributed by atoms with Gasteiger partial charge in [0.25, 0.3) is 0 Å². The molecule has 1 amide bonds. The number of nitrogens with one attached hydrogen (secondary N) is 1. The molecule has 2 heterocycles. The van der Waals surface area contributed by atoms with Crippen molar-refractivity contribution in [2.24, 2.45) is 0 Å². The van der Waals surface area contributed by atoms with Crippen LogP contribution in [0.15, 0.2) is 88.3 Å². The largest absolute Gasteiger partial charge is 0.379 e. The Morgan fingerprint density at radius 2 is 1.79 bits per heavy atom. The third-order valence-electron chi connectivity index (χ3n) is 5.10. The topological polar surface area (TPSA) is 101 Å². The predicted octanol–water partition coefficient (Wildman–Crippen LogP) is 3.36. The summed E-state index contributed by atoms with van der Waals surface area (Å²) in [5, 5.41) is 3.50. The number of carbonyl (C=O) groups excluding carboxylic acids is 1. The molecule has 1 aliphatic heterocycles. The highest BCUT2D eigenvalue weighted by molar-refractivity contribution is 7.99. The van der Waals surface area contributed by atoms with Crippen molar-refractivity contribution in [3.05, 3.63) is 84.8 Å². The fraction of sp³-hybridized carbons (Fsp3) is 0.208. The van der Waals surface area contributed by atoms with Gasteiger partial charge >= 0.3 is 0 Å². The molecule has 34 heavy (non-hydrogen) atoms. The average molecular weight is 497 g/mol. The normalized spacial score (nSPS) is 14.5. The summed E-state index contributed by atoms with van der Waals surface area (Å²) in [7, 11) is -3.51. The van der Waals surface area contributed by atoms with Gasteiger partial charge in [-0.05, 0) is 54.1 Å². The van der Waals surface area contributed by atoms with Gasteiger partial charge in [0, 0.05) is 36.3 Å². The van der Waals surface area contributed by atoms with Crippen molar-refractivity contribution < 1.29 is 17.9 Å². The van der Waals surface area contributed by atoms with Crippen LogP contribution in [0, 0.1) is 0 Å². The van der Waals surface area contributed by atoms with Crippen molar-refractivity contribution in [3.63, 3.8) is 0 Å². The molecule has 0 atom stereocenters. The van der Waals surface area contributed by atoms with E-state index in [1.165, 1.54) is 22.1 Å². The monoisotopic (exact) mass is 496 g/mol. The van der Waals surface area contributed by atoms with Gasteiger partial charge in [-0.3, -0.25) is 4.79 Å². The van der Waals surface area contributed by atoms with E-state index in [-0.39, 0.29) is 10.8 Å². The van der Waals surface area contributed by atoms with Gasteiger partial charge < -0.3 is 10.1 Å². The van der Waals surface area contributed by atoms with Crippen molar-refractivity contribution >= 4 is 33.4 Å². The first kappa shape index (κ1) is 24.1. The number of sulfonamides is 1. The first-order valence-electron chi connectivity index (χ1n) is 10.6. The Morgan fingerprint density at radius 1 is 1.09 bits per heavy atom. The lowest BCUT2D eigenvalue weighted by atomic mass is 10.1. The minimum atomic E-state index is -3.51. The number of nitrogens with zero attached hydrogens (tertiary/aromatic N) is 3. The van der Waals surface area contributed by atoms with Crippen LogP contribution < -0.4 is 5.32 Å². The van der Waals surface area contributed by atoms with E-state index in [1.807, 2.05) is 30.3 Å². The second-order valence-corrected chi connectivity index (χ2v) is 10.5. The highest BCUT2D eigenvalue weighted by Crippen LogP contribution is 2.27. The van der Waals surface area contributed by atoms with Crippen LogP contribution in [-0.2, 0) is 26.0 Å². The zero-order valence-corrected chi connectivity index (χ0v) is 20.0. The minimum Gasteiger partial charge on any atom is -0.379 e. The molecule has 1 N–H and O–H groups in total. The van der Waals surface area contributed by atoms with Crippen LogP contribution in [0.2, 0.25) is 0 Å². The van der Waals surface area contributed by atoms with Crippen molar-refractivity contribution in [1.82, 2.24) is 14.3 Å². The molecule has 1 saturated heterocycles. The van der Waals surface area contributed by atoms with Gasteiger partial charge in [0.15, 0.2) is 0 Å². The van der Waals surface area contributed by atoms with E-state index in [0.29, 0.717) is 44.2 Å². The first-order chi connectivity index (χ1) is 16.4. The summed E-state index contributed by atoms with van der Waals surface area (Å²) in [4.78, 5) is 21.6. The number of anilines is 1. The number of morpholine rings is 1. The van der Waals surface area contributed by atoms with Gasteiger partial charge in [-0.25, -0.2) is 18.4 Å². The van der Waals surface area contributed by atoms with Crippen molar-refractivity contribution in [3.8, 4) is 0 Å². The molecule has 1 fully saturated rings. The van der Waals surface area contributed by atoms with Gasteiger partial charge in [-0.15, -0.1) is 0 Å². The molecule has 176 valence electrons. The summed E-state index contributed by atoms with van der Waals surface area (Å²) < 4.78 is 32.3. The Bertz CT molecular complexity index is 1260. The number of ether oxygens (including phenoxy) is 1. The van der Waals surface area contributed by atoms with Crippen molar-refractivity contribution in [2.45, 2.75) is 21.2 Å². The fourth-order valence-electron chi connectivity index (χ4n) is 3.34. The van der Waals surface area contributed by atoms with E-state index in [2.05, 4.69) is 21.9 Å². The highest BCUT2D eigenvalue weighted by Gasteiger charge is 2.26. The van der Waals surface area contributed by atoms with E-state index in [4.69, 9.17) is 4.74 Å². The molecule has 0 radical (unpaired) electrons. The lowest BCUT2D eigenvalue weighted by Gasteiger charge is -2.26. The van der Waals surface area contributed by atoms with Crippen LogP contribution >= 0.6 is 11.8 Å². The minimum absolute atomic E-state index is 0.257. The molecular weight excluding hydrogens is 472 g/mol. The highest BCUT2D eigenvalue weighted by atomic mass is 32.2. The number of rotatable bonds is 8. The first-order valence-corrected chi connectivity index (χ1v) is 12.9. The van der Waals surface area contributed by atoms with E-state index in [9.17, 15) is 13.2 Å². The maximum absolute atomic E-state index is 12.8. The molecule has 4 rings (SSSR count). The SMILES string of the molecule is C=CC(=O)Nc1ccc(Sc2ccnc(Cc3ccc(S(=O)(=O)N4CCOCC4)cc3)n2)cc1. The number of amides is 1. The second-order valence-electron chi connectivity index (χ2n) is 7.47. The predicted molar refractivity (Wildman–Crippen MR) is 130 cm³/mol. The molecule has 2 aromatic carbocycles. The van der Waals surface area contributed by atoms with Crippen LogP contribution in [0.1, 0.15) is 11.4 Å². The van der Waals surface area contributed by atoms with Gasteiger partial charge in [-0.2, -0.15) is 4.31 Å². The van der Waals surface area contributed by atoms with Crippen molar-refractivity contribution in [2.75, 3.05) is 31.6 Å². The van der Waals surface area contributed by atoms with Gasteiger partial charge in [0.2, 0.25) is 15.9 Å². The third-order valence-corrected chi connectivity index (χ3v) is 7.96. The zero-order chi connectivity index (χ0) is 24.0. The molecular formula is C24H24N4O4S2. The number of carbonyl (C=O) groups is 1. The van der Waals surface area contributed by atoms with Crippen LogP contribution in [0.3, 0.4) is 0 Å². The molecule has 0 spiro atoms. The summed E-state index contributed by atoms with van der Waals surface area (Å²) in [6.07, 6.45) is 3.42. The van der Waals surface area contributed by atoms with Crippen LogP contribution in [0.25, 0.3) is 0 Å². The van der Waals surface area contributed by atoms with Gasteiger partial charge in [-0.1, -0.05) is 30.5 Å². The summed E-state index contributed by atoms with van der Waals surface area (Å²) in [6, 6.07) is 16.1. The second kappa shape index (κ2) is 10.9. The summed E-state index contributed by atoms with van der Waals surface area (Å²) in [5.41, 5.74) is 1.61. The van der Waals surface area contributed by atoms with Gasteiger partial charge in [0.1, 0.15) is 10.9 Å². The Hall–Kier alpha value is -3.05. The molecule has 0 saturated carbocycles. The average Bonchev–Trinajstić information content (AvgIpc) is 2.86. The number of hydrogen-bond acceptors (Lipinski definition) is 7. The standard InChI is InChI=1S/C24H24N4O4S2/c1-2-23(29)26-19-5-7-20(8-6-19)33-24-11-12-25-22(27-24)17-18-3-9-21(10-4-18)34(30,31)28-13-15-32-16-14-28/h2-12H,1,13-17H2,(H,26,29). The molecule has 8 nitrogen and oxygen atoms in total. The molecule has 0 unspecified atom stereocenters. The molecule has 3 aromatic rings. The smallest absolute Gasteiger partial charge is 0.247 e. The Morgan fingerprint density at radius 3 is 2.47 bits per heavy atom. The van der Waals surface area contributed by atoms with Crippen LogP contribution in [-0.4, -0.2) is 54.9 Å². The molecule has 0 bridgehead atoms. The summed E-state index contributed by atoms with van der Waals surface area (Å²) >= 11 is 1.49. The molecule has 1 aliphatic rings. The van der Waals surface area contributed by atoms with E-state index >= 15 is 0 Å². The maximum Gasteiger partial charge on any atom is 0.247 e. The Balaban J connectivity index is 1.40. The van der Waals surface area contributed by atoms with Crippen LogP contribution in [0.5, 0.6) is 0 Å². The lowest BCUT2D eigenvalue weighted by Crippen LogP contribution is -2.40. The van der Waals surface area contributed by atoms with E-state index in [0.717, 1.165) is 15.5 Å². The summed E-state index contributed by atoms with van der Waals surface area (Å²) in [5.74, 6) is 0.385. The quantitative estimate of drug-likeness (QED) is 0.377. The Kier molecular flexibility index (Phi) is 7.73. The number of benzene rings is 2. The van der Waals surface area contributed by atoms with E-state index in [1.54, 1.807) is 30.5 Å². The lowest BCUT2D eigenvalue weighted by molar-refractivity contribution is -0.111. The molecule has 0 aliphatic carbocycles. The molecule has 1 aromatic heterocycles. The van der Waals surface area contributed by atoms with Crippen molar-refractivity contribution in [1.29, 1.82) is 0 Å². The molecule has 10 heteroatoms. The maximum atomic E-state index is 12.8. The fourth-order valence-corrected chi connectivity index (χ4v) is 5.54. The van der Waals surface area contributed by atoms with Gasteiger partial charge in [0.05, 0.1) is 18.1 Å². The van der Waals surface area contributed by atoms with E-state index < -0.39 is 10.0 Å². The van der Waals surface area contributed by atoms with Crippen LogP contribution in [0.4, 0.5) is 5.69 Å². The zero-order valence-electron chi connectivity index (χ0n) is 18.4. The Labute approximate surface area is 203 Å². The number of aromatic nitrogens is 2.